The number of hydrogen-bond acceptors (Lipinski definition) is 3. The molecular weight excluding hydrogens is 390 g/mol. The number of aromatic nitrogens is 1. The van der Waals surface area contributed by atoms with Crippen molar-refractivity contribution in [1.82, 2.24) is 14.4 Å². The van der Waals surface area contributed by atoms with E-state index < -0.39 is 5.97 Å². The van der Waals surface area contributed by atoms with Crippen molar-refractivity contribution < 1.29 is 14.7 Å². The molecule has 0 unspecified atom stereocenters. The van der Waals surface area contributed by atoms with Gasteiger partial charge >= 0.3 is 5.97 Å². The van der Waals surface area contributed by atoms with Gasteiger partial charge in [-0.3, -0.25) is 14.5 Å². The number of likely N-dealkylation sites (tertiary alicyclic amines) is 1. The second kappa shape index (κ2) is 8.30. The lowest BCUT2D eigenvalue weighted by molar-refractivity contribution is -0.137. The Balaban J connectivity index is 1.51. The van der Waals surface area contributed by atoms with Gasteiger partial charge in [-0.2, -0.15) is 0 Å². The average molecular weight is 424 g/mol. The molecule has 3 aliphatic rings. The number of carbonyl (C=O) groups excluding carboxylic acids is 1. The molecule has 1 amide bonds. The van der Waals surface area contributed by atoms with Crippen molar-refractivity contribution in [3.63, 3.8) is 0 Å². The number of carbonyl (C=O) groups is 2. The minimum Gasteiger partial charge on any atom is -0.480 e. The van der Waals surface area contributed by atoms with Crippen LogP contribution in [0, 0.1) is 5.92 Å². The van der Waals surface area contributed by atoms with Gasteiger partial charge in [0, 0.05) is 60.8 Å². The van der Waals surface area contributed by atoms with E-state index in [9.17, 15) is 14.7 Å². The maximum Gasteiger partial charge on any atom is 0.323 e. The van der Waals surface area contributed by atoms with E-state index in [0.717, 1.165) is 67.6 Å². The highest BCUT2D eigenvalue weighted by molar-refractivity contribution is 5.99. The molecule has 0 spiro atoms. The van der Waals surface area contributed by atoms with Crippen LogP contribution in [0.3, 0.4) is 0 Å². The molecule has 1 aromatic heterocycles. The molecule has 1 saturated carbocycles. The SMILES string of the molecule is CC1CCN(C(=O)c2ccc3c(c2)c2c(n3CC(=O)O)CCN(C3CCCC3)C2)CC1. The highest BCUT2D eigenvalue weighted by Crippen LogP contribution is 2.35. The molecule has 2 fully saturated rings. The van der Waals surface area contributed by atoms with Gasteiger partial charge in [0.1, 0.15) is 6.54 Å². The molecule has 1 N–H and O–H groups in total. The van der Waals surface area contributed by atoms with Gasteiger partial charge in [-0.15, -0.1) is 0 Å². The van der Waals surface area contributed by atoms with Crippen LogP contribution in [0.15, 0.2) is 18.2 Å². The molecule has 2 aromatic rings. The van der Waals surface area contributed by atoms with Crippen molar-refractivity contribution in [2.45, 2.75) is 71.0 Å². The van der Waals surface area contributed by atoms with E-state index in [-0.39, 0.29) is 12.5 Å². The summed E-state index contributed by atoms with van der Waals surface area (Å²) in [6.07, 6.45) is 8.15. The second-order valence-corrected chi connectivity index (χ2v) is 9.77. The van der Waals surface area contributed by atoms with Crippen LogP contribution in [-0.2, 0) is 24.3 Å². The van der Waals surface area contributed by atoms with Crippen LogP contribution in [0.5, 0.6) is 0 Å². The zero-order valence-corrected chi connectivity index (χ0v) is 18.5. The van der Waals surface area contributed by atoms with E-state index in [4.69, 9.17) is 0 Å². The minimum atomic E-state index is -0.819. The number of piperidine rings is 1. The summed E-state index contributed by atoms with van der Waals surface area (Å²) in [5.74, 6) is -0.0253. The lowest BCUT2D eigenvalue weighted by Gasteiger charge is -2.33. The number of hydrogen-bond donors (Lipinski definition) is 1. The number of amides is 1. The van der Waals surface area contributed by atoms with Crippen molar-refractivity contribution in [2.75, 3.05) is 19.6 Å². The van der Waals surface area contributed by atoms with Crippen molar-refractivity contribution >= 4 is 22.8 Å². The second-order valence-electron chi connectivity index (χ2n) is 9.77. The molecule has 6 nitrogen and oxygen atoms in total. The lowest BCUT2D eigenvalue weighted by Crippen LogP contribution is -2.38. The summed E-state index contributed by atoms with van der Waals surface area (Å²) in [7, 11) is 0. The zero-order chi connectivity index (χ0) is 21.5. The Labute approximate surface area is 183 Å². The fourth-order valence-electron chi connectivity index (χ4n) is 5.90. The number of benzene rings is 1. The standard InChI is InChI=1S/C25H33N3O3/c1-17-8-11-26(12-9-17)25(31)18-6-7-22-20(14-18)21-15-27(19-4-2-3-5-19)13-10-23(21)28(22)16-24(29)30/h6-7,14,17,19H,2-5,8-13,15-16H2,1H3,(H,29,30). The highest BCUT2D eigenvalue weighted by Gasteiger charge is 2.30. The Bertz CT molecular complexity index is 997. The third kappa shape index (κ3) is 3.86. The molecule has 1 aliphatic carbocycles. The summed E-state index contributed by atoms with van der Waals surface area (Å²) in [5.41, 5.74) is 4.05. The van der Waals surface area contributed by atoms with Gasteiger partial charge in [0.05, 0.1) is 0 Å². The molecule has 1 aromatic carbocycles. The smallest absolute Gasteiger partial charge is 0.323 e. The maximum absolute atomic E-state index is 13.2. The number of carboxylic acid groups (broad SMARTS) is 1. The molecule has 1 saturated heterocycles. The van der Waals surface area contributed by atoms with E-state index >= 15 is 0 Å². The van der Waals surface area contributed by atoms with Gasteiger partial charge in [0.2, 0.25) is 0 Å². The number of carboxylic acids is 1. The lowest BCUT2D eigenvalue weighted by atomic mass is 9.98. The first kappa shape index (κ1) is 20.6. The fourth-order valence-corrected chi connectivity index (χ4v) is 5.90. The Morgan fingerprint density at radius 3 is 2.52 bits per heavy atom. The van der Waals surface area contributed by atoms with Crippen LogP contribution in [-0.4, -0.2) is 57.0 Å². The van der Waals surface area contributed by atoms with E-state index in [1.807, 2.05) is 27.7 Å². The van der Waals surface area contributed by atoms with Crippen LogP contribution in [0.2, 0.25) is 0 Å². The molecule has 2 aliphatic heterocycles. The first-order chi connectivity index (χ1) is 15.0. The number of nitrogens with zero attached hydrogens (tertiary/aromatic N) is 3. The molecular formula is C25H33N3O3. The summed E-state index contributed by atoms with van der Waals surface area (Å²) in [6.45, 7) is 5.73. The number of fused-ring (bicyclic) bond motifs is 3. The topological polar surface area (TPSA) is 65.8 Å². The van der Waals surface area contributed by atoms with Crippen molar-refractivity contribution in [3.05, 3.63) is 35.0 Å². The van der Waals surface area contributed by atoms with Crippen molar-refractivity contribution in [2.24, 2.45) is 5.92 Å². The van der Waals surface area contributed by atoms with Gasteiger partial charge in [-0.25, -0.2) is 0 Å². The molecule has 31 heavy (non-hydrogen) atoms. The summed E-state index contributed by atoms with van der Waals surface area (Å²) >= 11 is 0. The van der Waals surface area contributed by atoms with Gasteiger partial charge in [-0.05, 0) is 55.4 Å². The predicted octanol–water partition coefficient (Wildman–Crippen LogP) is 3.90. The summed E-state index contributed by atoms with van der Waals surface area (Å²) < 4.78 is 1.97. The fraction of sp³-hybridized carbons (Fsp3) is 0.600. The van der Waals surface area contributed by atoms with Gasteiger partial charge in [0.25, 0.3) is 5.91 Å². The monoisotopic (exact) mass is 423 g/mol. The van der Waals surface area contributed by atoms with Crippen LogP contribution < -0.4 is 0 Å². The van der Waals surface area contributed by atoms with E-state index in [0.29, 0.717) is 12.0 Å². The van der Waals surface area contributed by atoms with E-state index in [1.54, 1.807) is 0 Å². The zero-order valence-electron chi connectivity index (χ0n) is 18.5. The van der Waals surface area contributed by atoms with Gasteiger partial charge in [0.15, 0.2) is 0 Å². The predicted molar refractivity (Wildman–Crippen MR) is 120 cm³/mol. The minimum absolute atomic E-state index is 0.0213. The molecule has 3 heterocycles. The molecule has 0 radical (unpaired) electrons. The molecule has 5 rings (SSSR count). The Kier molecular flexibility index (Phi) is 5.51. The Morgan fingerprint density at radius 1 is 1.06 bits per heavy atom. The first-order valence-corrected chi connectivity index (χ1v) is 11.9. The highest BCUT2D eigenvalue weighted by atomic mass is 16.4. The normalized spacial score (nSPS) is 21.0. The summed E-state index contributed by atoms with van der Waals surface area (Å²) in [5, 5.41) is 10.6. The van der Waals surface area contributed by atoms with Crippen LogP contribution in [0.25, 0.3) is 10.9 Å². The summed E-state index contributed by atoms with van der Waals surface area (Å²) in [4.78, 5) is 29.3. The third-order valence-corrected chi connectivity index (χ3v) is 7.74. The van der Waals surface area contributed by atoms with Crippen LogP contribution in [0.1, 0.15) is 67.1 Å². The molecule has 6 heteroatoms. The quantitative estimate of drug-likeness (QED) is 0.810. The Hall–Kier alpha value is -2.34. The van der Waals surface area contributed by atoms with Crippen molar-refractivity contribution in [3.8, 4) is 0 Å². The first-order valence-electron chi connectivity index (χ1n) is 11.9. The van der Waals surface area contributed by atoms with Crippen molar-refractivity contribution in [1.29, 1.82) is 0 Å². The number of rotatable bonds is 4. The van der Waals surface area contributed by atoms with Crippen LogP contribution in [0.4, 0.5) is 0 Å². The van der Waals surface area contributed by atoms with Crippen LogP contribution >= 0.6 is 0 Å². The third-order valence-electron chi connectivity index (χ3n) is 7.74. The molecule has 0 bridgehead atoms. The van der Waals surface area contributed by atoms with Gasteiger partial charge < -0.3 is 14.6 Å². The average Bonchev–Trinajstić information content (AvgIpc) is 3.40. The molecule has 166 valence electrons. The van der Waals surface area contributed by atoms with E-state index in [1.165, 1.54) is 31.2 Å². The summed E-state index contributed by atoms with van der Waals surface area (Å²) in [6, 6.07) is 6.54. The largest absolute Gasteiger partial charge is 0.480 e. The number of aliphatic carboxylic acids is 1. The molecule has 0 atom stereocenters. The maximum atomic E-state index is 13.2. The Morgan fingerprint density at radius 2 is 1.81 bits per heavy atom. The van der Waals surface area contributed by atoms with E-state index in [2.05, 4.69) is 11.8 Å². The van der Waals surface area contributed by atoms with Gasteiger partial charge in [-0.1, -0.05) is 19.8 Å².